The Morgan fingerprint density at radius 1 is 0.921 bits per heavy atom. The molecule has 0 aliphatic heterocycles. The number of rotatable bonds is 9. The Hall–Kier alpha value is -3.67. The van der Waals surface area contributed by atoms with Gasteiger partial charge in [0.15, 0.2) is 0 Å². The highest BCUT2D eigenvalue weighted by Crippen LogP contribution is 2.36. The zero-order valence-electron chi connectivity index (χ0n) is 20.9. The van der Waals surface area contributed by atoms with Crippen LogP contribution in [0.3, 0.4) is 0 Å². The van der Waals surface area contributed by atoms with Gasteiger partial charge in [-0.1, -0.05) is 30.3 Å². The Balaban J connectivity index is 1.91. The van der Waals surface area contributed by atoms with Crippen LogP contribution in [-0.2, 0) is 18.9 Å². The number of halogens is 6. The van der Waals surface area contributed by atoms with Gasteiger partial charge in [0.05, 0.1) is 29.0 Å². The third kappa shape index (κ3) is 7.67. The minimum Gasteiger partial charge on any atom is -0.463 e. The van der Waals surface area contributed by atoms with E-state index in [4.69, 9.17) is 4.74 Å². The SMILES string of the molecule is CN(C)CCCOc1ncc(C(=O)N(C)Cc2cc(C(F)(F)F)cc(C(F)(F)F)c2)c(-c2ccccc2)n1. The molecule has 0 aliphatic carbocycles. The van der Waals surface area contributed by atoms with E-state index >= 15 is 0 Å². The molecule has 0 N–H and O–H groups in total. The van der Waals surface area contributed by atoms with E-state index in [1.807, 2.05) is 19.0 Å². The Labute approximate surface area is 215 Å². The van der Waals surface area contributed by atoms with Gasteiger partial charge in [-0.25, -0.2) is 4.98 Å². The molecule has 0 radical (unpaired) electrons. The molecule has 0 spiro atoms. The predicted octanol–water partition coefficient (Wildman–Crippen LogP) is 5.78. The predicted molar refractivity (Wildman–Crippen MR) is 128 cm³/mol. The molecule has 1 amide bonds. The van der Waals surface area contributed by atoms with Crippen LogP contribution in [0.25, 0.3) is 11.3 Å². The second-order valence-corrected chi connectivity index (χ2v) is 8.86. The fraction of sp³-hybridized carbons (Fsp3) is 0.346. The van der Waals surface area contributed by atoms with Crippen LogP contribution in [0.5, 0.6) is 6.01 Å². The lowest BCUT2D eigenvalue weighted by molar-refractivity contribution is -0.143. The summed E-state index contributed by atoms with van der Waals surface area (Å²) in [6.45, 7) is 0.595. The minimum absolute atomic E-state index is 0.0161. The third-order valence-corrected chi connectivity index (χ3v) is 5.44. The first kappa shape index (κ1) is 28.9. The summed E-state index contributed by atoms with van der Waals surface area (Å²) in [4.78, 5) is 24.8. The summed E-state index contributed by atoms with van der Waals surface area (Å²) in [5, 5.41) is 0. The summed E-state index contributed by atoms with van der Waals surface area (Å²) >= 11 is 0. The van der Waals surface area contributed by atoms with Gasteiger partial charge in [-0.3, -0.25) is 4.79 Å². The van der Waals surface area contributed by atoms with Crippen LogP contribution in [-0.4, -0.2) is 60.0 Å². The van der Waals surface area contributed by atoms with Gasteiger partial charge in [-0.15, -0.1) is 0 Å². The van der Waals surface area contributed by atoms with Crippen LogP contribution in [0, 0.1) is 0 Å². The molecule has 2 aromatic carbocycles. The maximum atomic E-state index is 13.3. The molecule has 204 valence electrons. The van der Waals surface area contributed by atoms with E-state index in [1.54, 1.807) is 30.3 Å². The number of amides is 1. The van der Waals surface area contributed by atoms with Gasteiger partial charge in [0.2, 0.25) is 0 Å². The van der Waals surface area contributed by atoms with Gasteiger partial charge in [0.25, 0.3) is 5.91 Å². The summed E-state index contributed by atoms with van der Waals surface area (Å²) in [5.74, 6) is -0.686. The highest BCUT2D eigenvalue weighted by atomic mass is 19.4. The van der Waals surface area contributed by atoms with Crippen molar-refractivity contribution in [1.82, 2.24) is 19.8 Å². The molecule has 0 saturated carbocycles. The first-order valence-electron chi connectivity index (χ1n) is 11.5. The first-order chi connectivity index (χ1) is 17.8. The maximum Gasteiger partial charge on any atom is 0.416 e. The second-order valence-electron chi connectivity index (χ2n) is 8.86. The highest BCUT2D eigenvalue weighted by molar-refractivity contribution is 5.99. The lowest BCUT2D eigenvalue weighted by Crippen LogP contribution is -2.27. The molecule has 0 bridgehead atoms. The van der Waals surface area contributed by atoms with E-state index in [0.717, 1.165) is 11.4 Å². The van der Waals surface area contributed by atoms with E-state index in [9.17, 15) is 31.1 Å². The number of nitrogens with zero attached hydrogens (tertiary/aromatic N) is 4. The second kappa shape index (κ2) is 11.8. The number of alkyl halides is 6. The van der Waals surface area contributed by atoms with Crippen LogP contribution in [0.2, 0.25) is 0 Å². The average molecular weight is 541 g/mol. The number of ether oxygens (including phenoxy) is 1. The normalized spacial score (nSPS) is 12.1. The highest BCUT2D eigenvalue weighted by Gasteiger charge is 2.37. The van der Waals surface area contributed by atoms with E-state index < -0.39 is 35.9 Å². The van der Waals surface area contributed by atoms with Crippen molar-refractivity contribution in [2.75, 3.05) is 34.3 Å². The lowest BCUT2D eigenvalue weighted by Gasteiger charge is -2.21. The van der Waals surface area contributed by atoms with Crippen LogP contribution in [0.1, 0.15) is 33.5 Å². The monoisotopic (exact) mass is 540 g/mol. The van der Waals surface area contributed by atoms with Crippen molar-refractivity contribution in [3.8, 4) is 17.3 Å². The number of carbonyl (C=O) groups excluding carboxylic acids is 1. The van der Waals surface area contributed by atoms with Crippen molar-refractivity contribution in [3.05, 3.63) is 77.0 Å². The molecule has 3 rings (SSSR count). The Kier molecular flexibility index (Phi) is 8.97. The Morgan fingerprint density at radius 3 is 2.08 bits per heavy atom. The summed E-state index contributed by atoms with van der Waals surface area (Å²) in [6, 6.07) is 9.91. The molecule has 0 unspecified atom stereocenters. The number of benzene rings is 2. The molecule has 3 aromatic rings. The van der Waals surface area contributed by atoms with Gasteiger partial charge < -0.3 is 14.5 Å². The number of aromatic nitrogens is 2. The largest absolute Gasteiger partial charge is 0.463 e. The molecule has 0 saturated heterocycles. The third-order valence-electron chi connectivity index (χ3n) is 5.44. The quantitative estimate of drug-likeness (QED) is 0.254. The number of carbonyl (C=O) groups is 1. The fourth-order valence-corrected chi connectivity index (χ4v) is 3.61. The van der Waals surface area contributed by atoms with E-state index in [2.05, 4.69) is 9.97 Å². The van der Waals surface area contributed by atoms with Gasteiger partial charge in [0.1, 0.15) is 0 Å². The zero-order valence-corrected chi connectivity index (χ0v) is 20.9. The fourth-order valence-electron chi connectivity index (χ4n) is 3.61. The van der Waals surface area contributed by atoms with Gasteiger partial charge in [0, 0.05) is 31.9 Å². The van der Waals surface area contributed by atoms with Crippen molar-refractivity contribution in [2.45, 2.75) is 25.3 Å². The van der Waals surface area contributed by atoms with Crippen LogP contribution >= 0.6 is 0 Å². The van der Waals surface area contributed by atoms with Crippen molar-refractivity contribution in [3.63, 3.8) is 0 Å². The first-order valence-corrected chi connectivity index (χ1v) is 11.5. The average Bonchev–Trinajstić information content (AvgIpc) is 2.85. The zero-order chi connectivity index (χ0) is 28.1. The van der Waals surface area contributed by atoms with E-state index in [1.165, 1.54) is 13.2 Å². The molecule has 6 nitrogen and oxygen atoms in total. The van der Waals surface area contributed by atoms with Crippen LogP contribution in [0.4, 0.5) is 26.3 Å². The van der Waals surface area contributed by atoms with Crippen LogP contribution in [0.15, 0.2) is 54.7 Å². The number of hydrogen-bond donors (Lipinski definition) is 0. The summed E-state index contributed by atoms with van der Waals surface area (Å²) in [7, 11) is 5.12. The molecule has 0 atom stereocenters. The molecule has 38 heavy (non-hydrogen) atoms. The van der Waals surface area contributed by atoms with Crippen molar-refractivity contribution < 1.29 is 35.9 Å². The summed E-state index contributed by atoms with van der Waals surface area (Å²) in [5.41, 5.74) is -2.43. The minimum atomic E-state index is -4.99. The molecule has 1 aromatic heterocycles. The van der Waals surface area contributed by atoms with Gasteiger partial charge in [-0.2, -0.15) is 31.3 Å². The Bertz CT molecular complexity index is 1210. The molecular weight excluding hydrogens is 514 g/mol. The van der Waals surface area contributed by atoms with Gasteiger partial charge >= 0.3 is 18.4 Å². The Morgan fingerprint density at radius 2 is 1.53 bits per heavy atom. The topological polar surface area (TPSA) is 58.6 Å². The van der Waals surface area contributed by atoms with Gasteiger partial charge in [-0.05, 0) is 44.3 Å². The number of hydrogen-bond acceptors (Lipinski definition) is 5. The van der Waals surface area contributed by atoms with E-state index in [0.29, 0.717) is 30.7 Å². The van der Waals surface area contributed by atoms with Crippen molar-refractivity contribution in [2.24, 2.45) is 0 Å². The van der Waals surface area contributed by atoms with Crippen LogP contribution < -0.4 is 4.74 Å². The standard InChI is InChI=1S/C26H26F6N4O2/c1-35(2)10-7-11-38-24-33-15-21(22(34-24)18-8-5-4-6-9-18)23(37)36(3)16-17-12-19(25(27,28)29)14-20(13-17)26(30,31)32/h4-6,8-9,12-15H,7,10-11,16H2,1-3H3. The molecular formula is C26H26F6N4O2. The summed E-state index contributed by atoms with van der Waals surface area (Å²) in [6.07, 6.45) is -8.04. The van der Waals surface area contributed by atoms with E-state index in [-0.39, 0.29) is 28.9 Å². The molecule has 1 heterocycles. The molecule has 0 aliphatic rings. The maximum absolute atomic E-state index is 13.3. The molecule has 0 fully saturated rings. The van der Waals surface area contributed by atoms with Crippen molar-refractivity contribution in [1.29, 1.82) is 0 Å². The molecule has 12 heteroatoms. The van der Waals surface area contributed by atoms with Crippen molar-refractivity contribution >= 4 is 5.91 Å². The smallest absolute Gasteiger partial charge is 0.416 e. The summed E-state index contributed by atoms with van der Waals surface area (Å²) < 4.78 is 85.1. The lowest BCUT2D eigenvalue weighted by atomic mass is 10.0.